The van der Waals surface area contributed by atoms with E-state index >= 15 is 0 Å². The summed E-state index contributed by atoms with van der Waals surface area (Å²) in [4.78, 5) is 28.6. The molecule has 0 aliphatic heterocycles. The van der Waals surface area contributed by atoms with Gasteiger partial charge in [-0.3, -0.25) is 13.9 Å². The van der Waals surface area contributed by atoms with E-state index in [9.17, 15) is 18.0 Å². The molecule has 0 aliphatic carbocycles. The summed E-state index contributed by atoms with van der Waals surface area (Å²) in [6.45, 7) is 10.8. The number of aryl methyl sites for hydroxylation is 2. The Morgan fingerprint density at radius 2 is 1.54 bits per heavy atom. The topological polar surface area (TPSA) is 86.8 Å². The van der Waals surface area contributed by atoms with Gasteiger partial charge in [0.15, 0.2) is 0 Å². The summed E-state index contributed by atoms with van der Waals surface area (Å²) in [7, 11) is -4.10. The summed E-state index contributed by atoms with van der Waals surface area (Å²) < 4.78 is 29.6. The summed E-state index contributed by atoms with van der Waals surface area (Å²) in [6, 6.07) is 20.1. The summed E-state index contributed by atoms with van der Waals surface area (Å²) in [6.07, 6.45) is 0. The summed E-state index contributed by atoms with van der Waals surface area (Å²) in [5, 5.41) is 2.93. The Morgan fingerprint density at radius 1 is 0.923 bits per heavy atom. The van der Waals surface area contributed by atoms with Crippen molar-refractivity contribution < 1.29 is 18.0 Å². The van der Waals surface area contributed by atoms with E-state index in [-0.39, 0.29) is 17.3 Å². The second-order valence-corrected chi connectivity index (χ2v) is 13.5. The van der Waals surface area contributed by atoms with Gasteiger partial charge in [0.25, 0.3) is 10.0 Å². The van der Waals surface area contributed by atoms with E-state index in [4.69, 9.17) is 0 Å². The third kappa shape index (κ3) is 8.16. The molecular formula is C30H36BrN3O4S. The maximum Gasteiger partial charge on any atom is 0.264 e. The molecule has 3 aromatic carbocycles. The van der Waals surface area contributed by atoms with Gasteiger partial charge in [-0.2, -0.15) is 0 Å². The number of hydrogen-bond acceptors (Lipinski definition) is 4. The number of anilines is 1. The van der Waals surface area contributed by atoms with Gasteiger partial charge in [0.1, 0.15) is 12.6 Å². The Hall–Kier alpha value is -3.17. The van der Waals surface area contributed by atoms with Gasteiger partial charge < -0.3 is 10.2 Å². The van der Waals surface area contributed by atoms with E-state index in [1.54, 1.807) is 43.3 Å². The molecule has 3 rings (SSSR count). The van der Waals surface area contributed by atoms with Crippen LogP contribution in [0.2, 0.25) is 0 Å². The fourth-order valence-corrected chi connectivity index (χ4v) is 5.72. The van der Waals surface area contributed by atoms with E-state index in [0.717, 1.165) is 25.5 Å². The molecule has 0 bridgehead atoms. The zero-order chi connectivity index (χ0) is 29.0. The lowest BCUT2D eigenvalue weighted by atomic mass is 10.1. The van der Waals surface area contributed by atoms with Gasteiger partial charge in [-0.25, -0.2) is 8.42 Å². The number of amides is 2. The first-order chi connectivity index (χ1) is 18.2. The normalized spacial score (nSPS) is 12.5. The molecule has 208 valence electrons. The molecule has 0 saturated heterocycles. The molecule has 39 heavy (non-hydrogen) atoms. The van der Waals surface area contributed by atoms with Gasteiger partial charge >= 0.3 is 0 Å². The van der Waals surface area contributed by atoms with Crippen LogP contribution in [0.5, 0.6) is 0 Å². The lowest BCUT2D eigenvalue weighted by molar-refractivity contribution is -0.140. The second-order valence-electron chi connectivity index (χ2n) is 10.7. The lowest BCUT2D eigenvalue weighted by Gasteiger charge is -2.33. The van der Waals surface area contributed by atoms with Gasteiger partial charge in [0, 0.05) is 16.6 Å². The van der Waals surface area contributed by atoms with E-state index in [2.05, 4.69) is 21.2 Å². The maximum atomic E-state index is 14.0. The molecule has 0 aliphatic rings. The van der Waals surface area contributed by atoms with Crippen molar-refractivity contribution >= 4 is 43.5 Å². The quantitative estimate of drug-likeness (QED) is 0.341. The van der Waals surface area contributed by atoms with Crippen molar-refractivity contribution in [1.82, 2.24) is 10.2 Å². The molecule has 0 radical (unpaired) electrons. The predicted molar refractivity (Wildman–Crippen MR) is 159 cm³/mol. The number of nitrogens with one attached hydrogen (secondary N) is 1. The molecule has 0 spiro atoms. The van der Waals surface area contributed by atoms with Crippen molar-refractivity contribution in [2.24, 2.45) is 0 Å². The van der Waals surface area contributed by atoms with Crippen LogP contribution >= 0.6 is 15.9 Å². The van der Waals surface area contributed by atoms with Crippen LogP contribution in [0.25, 0.3) is 0 Å². The van der Waals surface area contributed by atoms with Crippen LogP contribution in [0.4, 0.5) is 5.69 Å². The highest BCUT2D eigenvalue weighted by atomic mass is 79.9. The van der Waals surface area contributed by atoms with Crippen molar-refractivity contribution in [3.05, 3.63) is 94.0 Å². The highest BCUT2D eigenvalue weighted by Crippen LogP contribution is 2.26. The van der Waals surface area contributed by atoms with Crippen LogP contribution in [0, 0.1) is 13.8 Å². The summed E-state index contributed by atoms with van der Waals surface area (Å²) >= 11 is 3.39. The number of hydrogen-bond donors (Lipinski definition) is 1. The number of carbonyl (C=O) groups is 2. The zero-order valence-electron chi connectivity index (χ0n) is 23.2. The van der Waals surface area contributed by atoms with E-state index < -0.39 is 34.1 Å². The average molecular weight is 615 g/mol. The Balaban J connectivity index is 2.03. The van der Waals surface area contributed by atoms with Crippen LogP contribution in [0.15, 0.2) is 82.2 Å². The number of benzene rings is 3. The molecule has 0 heterocycles. The van der Waals surface area contributed by atoms with E-state index in [1.165, 1.54) is 17.0 Å². The first kappa shape index (κ1) is 30.4. The third-order valence-electron chi connectivity index (χ3n) is 6.10. The minimum atomic E-state index is -4.10. The van der Waals surface area contributed by atoms with Crippen molar-refractivity contribution in [2.45, 2.75) is 64.6 Å². The SMILES string of the molecule is Cc1ccc(S(=O)(=O)N(CC(=O)N(Cc2cccc(C)c2)C(C)C(=O)NC(C)(C)C)c2ccc(Br)cc2)cc1. The second kappa shape index (κ2) is 12.3. The number of carbonyl (C=O) groups excluding carboxylic acids is 2. The number of sulfonamides is 1. The first-order valence-corrected chi connectivity index (χ1v) is 14.9. The molecule has 0 aromatic heterocycles. The van der Waals surface area contributed by atoms with Crippen molar-refractivity contribution in [3.63, 3.8) is 0 Å². The first-order valence-electron chi connectivity index (χ1n) is 12.7. The van der Waals surface area contributed by atoms with Crippen molar-refractivity contribution in [1.29, 1.82) is 0 Å². The van der Waals surface area contributed by atoms with Crippen molar-refractivity contribution in [2.75, 3.05) is 10.8 Å². The standard InChI is InChI=1S/C30H36BrN3O4S/c1-21-10-16-27(17-11-21)39(37,38)34(26-14-12-25(31)13-15-26)20-28(35)33(19-24-9-7-8-22(2)18-24)23(3)29(36)32-30(4,5)6/h7-18,23H,19-20H2,1-6H3,(H,32,36). The maximum absolute atomic E-state index is 14.0. The van der Waals surface area contributed by atoms with Gasteiger partial charge in [-0.1, -0.05) is 63.5 Å². The molecule has 1 unspecified atom stereocenters. The van der Waals surface area contributed by atoms with Crippen LogP contribution < -0.4 is 9.62 Å². The van der Waals surface area contributed by atoms with Crippen LogP contribution in [-0.4, -0.2) is 43.3 Å². The Kier molecular flexibility index (Phi) is 9.61. The highest BCUT2D eigenvalue weighted by molar-refractivity contribution is 9.10. The van der Waals surface area contributed by atoms with Gasteiger partial charge in [-0.15, -0.1) is 0 Å². The predicted octanol–water partition coefficient (Wildman–Crippen LogP) is 5.59. The lowest BCUT2D eigenvalue weighted by Crippen LogP contribution is -2.54. The minimum absolute atomic E-state index is 0.0765. The Bertz CT molecular complexity index is 1420. The molecule has 1 N–H and O–H groups in total. The van der Waals surface area contributed by atoms with Gasteiger partial charge in [-0.05, 0) is 83.5 Å². The third-order valence-corrected chi connectivity index (χ3v) is 8.42. The molecule has 9 heteroatoms. The Morgan fingerprint density at radius 3 is 2.10 bits per heavy atom. The fraction of sp³-hybridized carbons (Fsp3) is 0.333. The number of halogens is 1. The molecule has 0 saturated carbocycles. The smallest absolute Gasteiger partial charge is 0.264 e. The van der Waals surface area contributed by atoms with E-state index in [1.807, 2.05) is 58.9 Å². The number of rotatable bonds is 9. The van der Waals surface area contributed by atoms with Crippen LogP contribution in [0.3, 0.4) is 0 Å². The molecule has 0 fully saturated rings. The highest BCUT2D eigenvalue weighted by Gasteiger charge is 2.33. The number of nitrogens with zero attached hydrogens (tertiary/aromatic N) is 2. The average Bonchev–Trinajstić information content (AvgIpc) is 2.85. The Labute approximate surface area is 240 Å². The summed E-state index contributed by atoms with van der Waals surface area (Å²) in [5.74, 6) is -0.813. The zero-order valence-corrected chi connectivity index (χ0v) is 25.6. The van der Waals surface area contributed by atoms with Crippen molar-refractivity contribution in [3.8, 4) is 0 Å². The van der Waals surface area contributed by atoms with Gasteiger partial charge in [0.2, 0.25) is 11.8 Å². The largest absolute Gasteiger partial charge is 0.350 e. The van der Waals surface area contributed by atoms with Crippen LogP contribution in [-0.2, 0) is 26.2 Å². The summed E-state index contributed by atoms with van der Waals surface area (Å²) in [5.41, 5.74) is 2.62. The minimum Gasteiger partial charge on any atom is -0.350 e. The van der Waals surface area contributed by atoms with Gasteiger partial charge in [0.05, 0.1) is 10.6 Å². The molecule has 3 aromatic rings. The molecule has 2 amide bonds. The van der Waals surface area contributed by atoms with Crippen LogP contribution in [0.1, 0.15) is 44.4 Å². The molecular weight excluding hydrogens is 578 g/mol. The fourth-order valence-electron chi connectivity index (χ4n) is 4.04. The monoisotopic (exact) mass is 613 g/mol. The molecule has 1 atom stereocenters. The molecule has 7 nitrogen and oxygen atoms in total. The van der Waals surface area contributed by atoms with E-state index in [0.29, 0.717) is 5.69 Å².